The monoisotopic (exact) mass is 291 g/mol. The third kappa shape index (κ3) is 2.87. The number of alkyl halides is 3. The molecular formula is C11H12F3N3O3. The molecule has 1 unspecified atom stereocenters. The predicted molar refractivity (Wildman–Crippen MR) is 65.1 cm³/mol. The zero-order valence-electron chi connectivity index (χ0n) is 10.6. The largest absolute Gasteiger partial charge is 0.415 e. The topological polar surface area (TPSA) is 98.3 Å². The van der Waals surface area contributed by atoms with Crippen LogP contribution in [0.25, 0.3) is 0 Å². The summed E-state index contributed by atoms with van der Waals surface area (Å²) < 4.78 is 37.8. The minimum Gasteiger partial charge on any atom is -0.324 e. The van der Waals surface area contributed by atoms with Crippen molar-refractivity contribution in [3.05, 3.63) is 33.9 Å². The molecule has 0 spiro atoms. The fourth-order valence-electron chi connectivity index (χ4n) is 1.34. The van der Waals surface area contributed by atoms with Gasteiger partial charge in [0, 0.05) is 6.07 Å². The Hall–Kier alpha value is -2.16. The predicted octanol–water partition coefficient (Wildman–Crippen LogP) is 2.12. The number of nitro benzene ring substituents is 1. The van der Waals surface area contributed by atoms with E-state index in [1.807, 2.05) is 5.32 Å². The molecule has 1 aromatic carbocycles. The van der Waals surface area contributed by atoms with E-state index in [0.717, 1.165) is 0 Å². The summed E-state index contributed by atoms with van der Waals surface area (Å²) in [6, 6.07) is 3.69. The van der Waals surface area contributed by atoms with E-state index in [1.54, 1.807) is 0 Å². The van der Waals surface area contributed by atoms with Crippen LogP contribution in [-0.2, 0) is 4.79 Å². The molecule has 0 saturated heterocycles. The molecule has 3 N–H and O–H groups in total. The fraction of sp³-hybridized carbons (Fsp3) is 0.364. The molecule has 0 aliphatic heterocycles. The first-order valence-corrected chi connectivity index (χ1v) is 5.39. The highest BCUT2D eigenvalue weighted by atomic mass is 19.4. The summed E-state index contributed by atoms with van der Waals surface area (Å²) in [5.41, 5.74) is 1.51. The van der Waals surface area contributed by atoms with Crippen molar-refractivity contribution in [1.82, 2.24) is 0 Å². The second kappa shape index (κ2) is 5.08. The van der Waals surface area contributed by atoms with E-state index >= 15 is 0 Å². The van der Waals surface area contributed by atoms with Crippen molar-refractivity contribution in [2.45, 2.75) is 25.6 Å². The maximum atomic E-state index is 12.6. The van der Waals surface area contributed by atoms with Crippen molar-refractivity contribution in [2.75, 3.05) is 5.32 Å². The van der Waals surface area contributed by atoms with Crippen molar-refractivity contribution < 1.29 is 22.9 Å². The number of benzene rings is 1. The van der Waals surface area contributed by atoms with Gasteiger partial charge in [-0.2, -0.15) is 13.2 Å². The van der Waals surface area contributed by atoms with E-state index in [0.29, 0.717) is 6.92 Å². The summed E-state index contributed by atoms with van der Waals surface area (Å²) in [6.07, 6.45) is -4.94. The van der Waals surface area contributed by atoms with Crippen molar-refractivity contribution in [3.63, 3.8) is 0 Å². The lowest BCUT2D eigenvalue weighted by atomic mass is 10.0. The molecule has 0 fully saturated rings. The molecule has 0 aliphatic carbocycles. The summed E-state index contributed by atoms with van der Waals surface area (Å²) in [4.78, 5) is 21.6. The number of hydrogen-bond donors (Lipinski definition) is 2. The quantitative estimate of drug-likeness (QED) is 0.658. The normalized spacial score (nSPS) is 14.5. The van der Waals surface area contributed by atoms with Gasteiger partial charge >= 0.3 is 6.18 Å². The highest BCUT2D eigenvalue weighted by molar-refractivity contribution is 5.99. The number of halogens is 3. The second-order valence-corrected chi connectivity index (χ2v) is 4.36. The summed E-state index contributed by atoms with van der Waals surface area (Å²) in [7, 11) is 0. The molecule has 1 atom stereocenters. The molecule has 0 bridgehead atoms. The Kier molecular flexibility index (Phi) is 4.04. The Morgan fingerprint density at radius 3 is 2.40 bits per heavy atom. The van der Waals surface area contributed by atoms with Gasteiger partial charge < -0.3 is 11.1 Å². The highest BCUT2D eigenvalue weighted by Crippen LogP contribution is 2.30. The molecule has 1 rings (SSSR count). The van der Waals surface area contributed by atoms with Crippen LogP contribution in [0.2, 0.25) is 0 Å². The van der Waals surface area contributed by atoms with Gasteiger partial charge in [-0.3, -0.25) is 14.9 Å². The van der Waals surface area contributed by atoms with Crippen LogP contribution in [0.15, 0.2) is 18.2 Å². The van der Waals surface area contributed by atoms with Crippen LogP contribution in [0.3, 0.4) is 0 Å². The van der Waals surface area contributed by atoms with Crippen molar-refractivity contribution >= 4 is 17.3 Å². The van der Waals surface area contributed by atoms with Crippen LogP contribution >= 0.6 is 0 Å². The third-order valence-electron chi connectivity index (χ3n) is 2.81. The molecule has 0 heterocycles. The van der Waals surface area contributed by atoms with Gasteiger partial charge in [0.15, 0.2) is 5.54 Å². The Morgan fingerprint density at radius 2 is 1.95 bits per heavy atom. The Bertz CT molecular complexity index is 556. The zero-order chi connectivity index (χ0) is 15.7. The number of carbonyl (C=O) groups is 1. The van der Waals surface area contributed by atoms with Gasteiger partial charge in [-0.15, -0.1) is 0 Å². The molecule has 20 heavy (non-hydrogen) atoms. The molecule has 9 heteroatoms. The first-order chi connectivity index (χ1) is 8.98. The van der Waals surface area contributed by atoms with Crippen molar-refractivity contribution in [2.24, 2.45) is 5.73 Å². The molecule has 0 aliphatic rings. The number of nitrogens with one attached hydrogen (secondary N) is 1. The van der Waals surface area contributed by atoms with Crippen LogP contribution in [0, 0.1) is 17.0 Å². The van der Waals surface area contributed by atoms with E-state index in [4.69, 9.17) is 5.73 Å². The third-order valence-corrected chi connectivity index (χ3v) is 2.81. The Balaban J connectivity index is 3.10. The smallest absolute Gasteiger partial charge is 0.324 e. The minimum absolute atomic E-state index is 0.0452. The van der Waals surface area contributed by atoms with Crippen LogP contribution in [0.1, 0.15) is 12.5 Å². The number of rotatable bonds is 3. The van der Waals surface area contributed by atoms with E-state index < -0.39 is 22.5 Å². The lowest BCUT2D eigenvalue weighted by Crippen LogP contribution is -2.59. The SMILES string of the molecule is Cc1c(NC(=O)C(C)(N)C(F)(F)F)cccc1[N+](=O)[O-]. The molecule has 1 amide bonds. The molecule has 0 aromatic heterocycles. The molecule has 6 nitrogen and oxygen atoms in total. The van der Waals surface area contributed by atoms with Gasteiger partial charge in [0.25, 0.3) is 11.6 Å². The molecule has 110 valence electrons. The number of nitro groups is 1. The number of hydrogen-bond acceptors (Lipinski definition) is 4. The first kappa shape index (κ1) is 15.9. The zero-order valence-corrected chi connectivity index (χ0v) is 10.6. The molecule has 1 aromatic rings. The maximum Gasteiger partial charge on any atom is 0.415 e. The van der Waals surface area contributed by atoms with Crippen LogP contribution < -0.4 is 11.1 Å². The lowest BCUT2D eigenvalue weighted by molar-refractivity contribution is -0.385. The average Bonchev–Trinajstić information content (AvgIpc) is 2.29. The summed E-state index contributed by atoms with van der Waals surface area (Å²) >= 11 is 0. The Labute approximate surface area is 111 Å². The summed E-state index contributed by atoms with van der Waals surface area (Å²) in [6.45, 7) is 1.84. The number of nitrogens with two attached hydrogens (primary N) is 1. The van der Waals surface area contributed by atoms with E-state index in [1.165, 1.54) is 25.1 Å². The molecular weight excluding hydrogens is 279 g/mol. The van der Waals surface area contributed by atoms with Gasteiger partial charge in [0.1, 0.15) is 0 Å². The number of nitrogens with zero attached hydrogens (tertiary/aromatic N) is 1. The highest BCUT2D eigenvalue weighted by Gasteiger charge is 2.54. The first-order valence-electron chi connectivity index (χ1n) is 5.39. The van der Waals surface area contributed by atoms with E-state index in [-0.39, 0.29) is 16.9 Å². The van der Waals surface area contributed by atoms with Gasteiger partial charge in [0.2, 0.25) is 0 Å². The van der Waals surface area contributed by atoms with Crippen molar-refractivity contribution in [3.8, 4) is 0 Å². The maximum absolute atomic E-state index is 12.6. The lowest BCUT2D eigenvalue weighted by Gasteiger charge is -2.26. The van der Waals surface area contributed by atoms with Gasteiger partial charge in [-0.05, 0) is 19.9 Å². The second-order valence-electron chi connectivity index (χ2n) is 4.36. The van der Waals surface area contributed by atoms with Crippen molar-refractivity contribution in [1.29, 1.82) is 0 Å². The van der Waals surface area contributed by atoms with Crippen LogP contribution in [-0.4, -0.2) is 22.5 Å². The van der Waals surface area contributed by atoms with Gasteiger partial charge in [-0.25, -0.2) is 0 Å². The van der Waals surface area contributed by atoms with E-state index in [2.05, 4.69) is 0 Å². The Morgan fingerprint density at radius 1 is 1.40 bits per heavy atom. The average molecular weight is 291 g/mol. The van der Waals surface area contributed by atoms with Crippen LogP contribution in [0.4, 0.5) is 24.5 Å². The number of carbonyl (C=O) groups excluding carboxylic acids is 1. The minimum atomic E-state index is -4.94. The van der Waals surface area contributed by atoms with Gasteiger partial charge in [-0.1, -0.05) is 6.07 Å². The number of amides is 1. The van der Waals surface area contributed by atoms with Crippen LogP contribution in [0.5, 0.6) is 0 Å². The van der Waals surface area contributed by atoms with E-state index in [9.17, 15) is 28.1 Å². The standard InChI is InChI=1S/C11H12F3N3O3/c1-6-7(4-3-5-8(6)17(19)20)16-9(18)10(2,15)11(12,13)14/h3-5H,15H2,1-2H3,(H,16,18). The summed E-state index contributed by atoms with van der Waals surface area (Å²) in [5.74, 6) is -1.49. The fourth-order valence-corrected chi connectivity index (χ4v) is 1.34. The molecule has 0 radical (unpaired) electrons. The molecule has 0 saturated carbocycles. The van der Waals surface area contributed by atoms with Gasteiger partial charge in [0.05, 0.1) is 16.2 Å². The summed E-state index contributed by atoms with van der Waals surface area (Å²) in [5, 5.41) is 12.7. The number of anilines is 1.